The van der Waals surface area contributed by atoms with Gasteiger partial charge in [-0.05, 0) is 29.3 Å². The summed E-state index contributed by atoms with van der Waals surface area (Å²) in [6.07, 6.45) is -0.728. The molecule has 0 bridgehead atoms. The van der Waals surface area contributed by atoms with E-state index in [1.807, 2.05) is 5.32 Å². The van der Waals surface area contributed by atoms with E-state index in [-0.39, 0.29) is 27.8 Å². The molecule has 26 heavy (non-hydrogen) atoms. The standard InChI is InChI=1S/C17H10F2N2O5/c18-6-1-2-7-9(3-6)17(15(25)20-16(26)21-17)10-5-11(19)14(24)8(13(7)10)4-12(22)23/h1-3,5,24H,4H2,(H,22,23)(H2,20,21,25,26). The summed E-state index contributed by atoms with van der Waals surface area (Å²) in [6, 6.07) is 3.38. The second-order valence-electron chi connectivity index (χ2n) is 6.03. The average Bonchev–Trinajstić information content (AvgIpc) is 3.00. The number of nitrogens with one attached hydrogen (secondary N) is 2. The number of hydrogen-bond acceptors (Lipinski definition) is 4. The van der Waals surface area contributed by atoms with E-state index in [1.165, 1.54) is 6.07 Å². The van der Waals surface area contributed by atoms with E-state index < -0.39 is 47.3 Å². The van der Waals surface area contributed by atoms with Crippen molar-refractivity contribution < 1.29 is 33.4 Å². The van der Waals surface area contributed by atoms with Crippen molar-refractivity contribution in [2.45, 2.75) is 12.0 Å². The quantitative estimate of drug-likeness (QED) is 0.604. The Morgan fingerprint density at radius 1 is 1.15 bits per heavy atom. The van der Waals surface area contributed by atoms with Crippen LogP contribution in [-0.2, 0) is 21.5 Å². The minimum Gasteiger partial charge on any atom is -0.505 e. The number of carbonyl (C=O) groups is 3. The molecule has 0 aromatic heterocycles. The number of imide groups is 1. The lowest BCUT2D eigenvalue weighted by Crippen LogP contribution is -2.43. The summed E-state index contributed by atoms with van der Waals surface area (Å²) in [5.41, 5.74) is -1.87. The Balaban J connectivity index is 2.15. The van der Waals surface area contributed by atoms with Crippen LogP contribution >= 0.6 is 0 Å². The zero-order valence-corrected chi connectivity index (χ0v) is 12.9. The zero-order valence-electron chi connectivity index (χ0n) is 12.9. The highest BCUT2D eigenvalue weighted by molar-refractivity contribution is 6.13. The largest absolute Gasteiger partial charge is 0.505 e. The normalized spacial score (nSPS) is 19.9. The van der Waals surface area contributed by atoms with Gasteiger partial charge in [0, 0.05) is 16.7 Å². The van der Waals surface area contributed by atoms with Crippen LogP contribution in [0.3, 0.4) is 0 Å². The van der Waals surface area contributed by atoms with Crippen molar-refractivity contribution in [2.75, 3.05) is 0 Å². The Morgan fingerprint density at radius 2 is 1.88 bits per heavy atom. The van der Waals surface area contributed by atoms with E-state index in [1.54, 1.807) is 0 Å². The summed E-state index contributed by atoms with van der Waals surface area (Å²) in [5.74, 6) is -4.91. The SMILES string of the molecule is O=C(O)Cc1c(O)c(F)cc2c1-c1ccc(F)cc1C21NC(=O)NC1=O. The number of carboxylic acid groups (broad SMARTS) is 1. The third kappa shape index (κ3) is 1.88. The van der Waals surface area contributed by atoms with Gasteiger partial charge in [-0.25, -0.2) is 13.6 Å². The van der Waals surface area contributed by atoms with E-state index in [2.05, 4.69) is 5.32 Å². The Hall–Kier alpha value is -3.49. The van der Waals surface area contributed by atoms with Gasteiger partial charge in [-0.1, -0.05) is 6.07 Å². The molecule has 1 heterocycles. The summed E-state index contributed by atoms with van der Waals surface area (Å²) >= 11 is 0. The van der Waals surface area contributed by atoms with Crippen molar-refractivity contribution in [1.82, 2.24) is 10.6 Å². The van der Waals surface area contributed by atoms with Crippen molar-refractivity contribution >= 4 is 17.9 Å². The van der Waals surface area contributed by atoms with Gasteiger partial charge in [-0.3, -0.25) is 14.9 Å². The van der Waals surface area contributed by atoms with Crippen molar-refractivity contribution in [1.29, 1.82) is 0 Å². The first kappa shape index (κ1) is 16.0. The van der Waals surface area contributed by atoms with Crippen LogP contribution in [0.15, 0.2) is 24.3 Å². The fraction of sp³-hybridized carbons (Fsp3) is 0.118. The van der Waals surface area contributed by atoms with E-state index >= 15 is 0 Å². The number of aromatic hydroxyl groups is 1. The lowest BCUT2D eigenvalue weighted by molar-refractivity contribution is -0.136. The smallest absolute Gasteiger partial charge is 0.322 e. The van der Waals surface area contributed by atoms with Crippen molar-refractivity contribution in [3.63, 3.8) is 0 Å². The number of halogens is 2. The number of carbonyl (C=O) groups excluding carboxylic acids is 2. The molecule has 1 aliphatic carbocycles. The van der Waals surface area contributed by atoms with Crippen LogP contribution in [0, 0.1) is 11.6 Å². The number of benzene rings is 2. The molecule has 1 saturated heterocycles. The molecule has 0 radical (unpaired) electrons. The molecule has 9 heteroatoms. The number of aliphatic carboxylic acids is 1. The van der Waals surface area contributed by atoms with Gasteiger partial charge in [0.05, 0.1) is 6.42 Å². The van der Waals surface area contributed by atoms with Gasteiger partial charge in [-0.15, -0.1) is 0 Å². The number of amides is 3. The molecule has 1 spiro atoms. The number of fused-ring (bicyclic) bond motifs is 5. The molecule has 1 atom stereocenters. The van der Waals surface area contributed by atoms with Gasteiger partial charge in [0.25, 0.3) is 5.91 Å². The Bertz CT molecular complexity index is 1040. The van der Waals surface area contributed by atoms with Crippen LogP contribution in [0.5, 0.6) is 5.75 Å². The molecule has 2 aromatic rings. The molecule has 1 unspecified atom stereocenters. The topological polar surface area (TPSA) is 116 Å². The third-order valence-corrected chi connectivity index (χ3v) is 4.61. The van der Waals surface area contributed by atoms with Crippen molar-refractivity contribution in [2.24, 2.45) is 0 Å². The molecule has 1 fully saturated rings. The minimum atomic E-state index is -1.90. The van der Waals surface area contributed by atoms with Crippen LogP contribution in [0.1, 0.15) is 16.7 Å². The molecular weight excluding hydrogens is 350 g/mol. The van der Waals surface area contributed by atoms with Crippen LogP contribution < -0.4 is 10.6 Å². The minimum absolute atomic E-state index is 0.0347. The fourth-order valence-electron chi connectivity index (χ4n) is 3.64. The monoisotopic (exact) mass is 360 g/mol. The molecular formula is C17H10F2N2O5. The predicted octanol–water partition coefficient (Wildman–Crippen LogP) is 1.36. The van der Waals surface area contributed by atoms with Gasteiger partial charge < -0.3 is 15.5 Å². The fourth-order valence-corrected chi connectivity index (χ4v) is 3.64. The molecule has 132 valence electrons. The Morgan fingerprint density at radius 3 is 2.50 bits per heavy atom. The highest BCUT2D eigenvalue weighted by Crippen LogP contribution is 2.52. The number of carboxylic acids is 1. The molecule has 4 N–H and O–H groups in total. The number of urea groups is 1. The van der Waals surface area contributed by atoms with Gasteiger partial charge in [0.15, 0.2) is 17.1 Å². The summed E-state index contributed by atoms with van der Waals surface area (Å²) in [6.45, 7) is 0. The zero-order chi connectivity index (χ0) is 18.8. The van der Waals surface area contributed by atoms with Gasteiger partial charge in [0.2, 0.25) is 0 Å². The van der Waals surface area contributed by atoms with Crippen LogP contribution in [0.4, 0.5) is 13.6 Å². The second kappa shape index (κ2) is 5.01. The number of rotatable bonds is 2. The third-order valence-electron chi connectivity index (χ3n) is 4.61. The highest BCUT2D eigenvalue weighted by atomic mass is 19.1. The van der Waals surface area contributed by atoms with E-state index in [9.17, 15) is 28.3 Å². The first-order valence-electron chi connectivity index (χ1n) is 7.46. The highest BCUT2D eigenvalue weighted by Gasteiger charge is 2.56. The first-order chi connectivity index (χ1) is 12.3. The van der Waals surface area contributed by atoms with E-state index in [4.69, 9.17) is 5.11 Å². The Labute approximate surface area is 144 Å². The van der Waals surface area contributed by atoms with Crippen molar-refractivity contribution in [3.05, 3.63) is 52.6 Å². The Kier molecular flexibility index (Phi) is 3.08. The maximum absolute atomic E-state index is 14.3. The molecule has 3 amide bonds. The van der Waals surface area contributed by atoms with Gasteiger partial charge >= 0.3 is 12.0 Å². The second-order valence-corrected chi connectivity index (χ2v) is 6.03. The van der Waals surface area contributed by atoms with E-state index in [0.717, 1.165) is 18.2 Å². The number of phenols is 1. The van der Waals surface area contributed by atoms with E-state index in [0.29, 0.717) is 0 Å². The van der Waals surface area contributed by atoms with Crippen LogP contribution in [-0.4, -0.2) is 28.1 Å². The van der Waals surface area contributed by atoms with Crippen molar-refractivity contribution in [3.8, 4) is 16.9 Å². The number of phenolic OH excluding ortho intramolecular Hbond substituents is 1. The molecule has 1 aliphatic heterocycles. The van der Waals surface area contributed by atoms with Crippen LogP contribution in [0.2, 0.25) is 0 Å². The molecule has 0 saturated carbocycles. The summed E-state index contributed by atoms with van der Waals surface area (Å²) < 4.78 is 28.1. The summed E-state index contributed by atoms with van der Waals surface area (Å²) in [4.78, 5) is 35.5. The predicted molar refractivity (Wildman–Crippen MR) is 82.3 cm³/mol. The first-order valence-corrected chi connectivity index (χ1v) is 7.46. The molecule has 2 aromatic carbocycles. The van der Waals surface area contributed by atoms with Gasteiger partial charge in [-0.2, -0.15) is 0 Å². The lowest BCUT2D eigenvalue weighted by Gasteiger charge is -2.23. The van der Waals surface area contributed by atoms with Crippen LogP contribution in [0.25, 0.3) is 11.1 Å². The molecule has 7 nitrogen and oxygen atoms in total. The number of hydrogen-bond donors (Lipinski definition) is 4. The van der Waals surface area contributed by atoms with Gasteiger partial charge in [0.1, 0.15) is 5.82 Å². The molecule has 4 rings (SSSR count). The average molecular weight is 360 g/mol. The summed E-state index contributed by atoms with van der Waals surface area (Å²) in [5, 5.41) is 23.6. The maximum Gasteiger partial charge on any atom is 0.322 e. The maximum atomic E-state index is 14.3. The molecule has 2 aliphatic rings. The lowest BCUT2D eigenvalue weighted by atomic mass is 9.86. The summed E-state index contributed by atoms with van der Waals surface area (Å²) in [7, 11) is 0.